The van der Waals surface area contributed by atoms with Gasteiger partial charge >= 0.3 is 5.97 Å². The zero-order chi connectivity index (χ0) is 22.7. The van der Waals surface area contributed by atoms with E-state index in [1.807, 2.05) is 36.4 Å². The minimum Gasteiger partial charge on any atom is -0.449 e. The summed E-state index contributed by atoms with van der Waals surface area (Å²) in [4.78, 5) is 48.4. The summed E-state index contributed by atoms with van der Waals surface area (Å²) in [6.45, 7) is 1.49. The Kier molecular flexibility index (Phi) is 5.85. The first-order valence-electron chi connectivity index (χ1n) is 10.1. The Labute approximate surface area is 184 Å². The van der Waals surface area contributed by atoms with Crippen LogP contribution in [-0.2, 0) is 19.1 Å². The van der Waals surface area contributed by atoms with Crippen LogP contribution in [0.15, 0.2) is 66.7 Å². The Morgan fingerprint density at radius 2 is 1.69 bits per heavy atom. The van der Waals surface area contributed by atoms with Gasteiger partial charge in [0.2, 0.25) is 11.8 Å². The van der Waals surface area contributed by atoms with Crippen LogP contribution in [0.2, 0.25) is 0 Å². The number of nitrogens with one attached hydrogen (secondary N) is 2. The van der Waals surface area contributed by atoms with Crippen molar-refractivity contribution in [3.05, 3.63) is 72.3 Å². The van der Waals surface area contributed by atoms with E-state index in [0.29, 0.717) is 11.4 Å². The summed E-state index contributed by atoms with van der Waals surface area (Å²) in [5.41, 5.74) is 3.74. The molecule has 3 aromatic carbocycles. The first kappa shape index (κ1) is 21.0. The maximum atomic E-state index is 12.5. The molecule has 32 heavy (non-hydrogen) atoms. The second-order valence-corrected chi connectivity index (χ2v) is 7.41. The maximum absolute atomic E-state index is 12.5. The van der Waals surface area contributed by atoms with Crippen molar-refractivity contribution >= 4 is 45.8 Å². The van der Waals surface area contributed by atoms with Crippen molar-refractivity contribution in [2.75, 3.05) is 10.3 Å². The maximum Gasteiger partial charge on any atom is 0.338 e. The van der Waals surface area contributed by atoms with Crippen LogP contribution in [0.1, 0.15) is 30.1 Å². The van der Waals surface area contributed by atoms with Gasteiger partial charge in [0, 0.05) is 18.5 Å². The molecular weight excluding hydrogens is 410 g/mol. The van der Waals surface area contributed by atoms with Crippen LogP contribution in [0.5, 0.6) is 0 Å². The van der Waals surface area contributed by atoms with Gasteiger partial charge in [-0.25, -0.2) is 9.80 Å². The molecule has 1 unspecified atom stereocenters. The third-order valence-electron chi connectivity index (χ3n) is 5.08. The third-order valence-corrected chi connectivity index (χ3v) is 5.08. The summed E-state index contributed by atoms with van der Waals surface area (Å²) < 4.78 is 5.28. The number of amides is 3. The molecule has 0 bridgehead atoms. The summed E-state index contributed by atoms with van der Waals surface area (Å²) in [6.07, 6.45) is -0.741. The van der Waals surface area contributed by atoms with Crippen molar-refractivity contribution in [1.82, 2.24) is 5.43 Å². The van der Waals surface area contributed by atoms with Gasteiger partial charge in [-0.05, 0) is 54.1 Å². The van der Waals surface area contributed by atoms with Crippen molar-refractivity contribution in [3.63, 3.8) is 0 Å². The summed E-state index contributed by atoms with van der Waals surface area (Å²) in [5.74, 6) is -1.61. The first-order valence-corrected chi connectivity index (χ1v) is 10.1. The molecule has 3 aromatic rings. The van der Waals surface area contributed by atoms with Crippen molar-refractivity contribution in [1.29, 1.82) is 0 Å². The van der Waals surface area contributed by atoms with Gasteiger partial charge in [0.25, 0.3) is 5.91 Å². The Balaban J connectivity index is 1.37. The van der Waals surface area contributed by atoms with Gasteiger partial charge in [-0.1, -0.05) is 30.3 Å². The second-order valence-electron chi connectivity index (χ2n) is 7.41. The third kappa shape index (κ3) is 4.59. The Morgan fingerprint density at radius 1 is 0.969 bits per heavy atom. The molecule has 1 aliphatic heterocycles. The lowest BCUT2D eigenvalue weighted by molar-refractivity contribution is -0.130. The number of benzene rings is 3. The number of ether oxygens (including phenoxy) is 1. The lowest BCUT2D eigenvalue weighted by Crippen LogP contribution is -2.50. The van der Waals surface area contributed by atoms with Gasteiger partial charge in [-0.15, -0.1) is 0 Å². The van der Waals surface area contributed by atoms with E-state index in [1.54, 1.807) is 6.07 Å². The molecule has 0 aromatic heterocycles. The van der Waals surface area contributed by atoms with Crippen LogP contribution in [0.4, 0.5) is 11.4 Å². The first-order chi connectivity index (χ1) is 15.4. The Bertz CT molecular complexity index is 1210. The number of anilines is 2. The molecule has 3 amide bonds. The molecule has 0 spiro atoms. The zero-order valence-corrected chi connectivity index (χ0v) is 17.3. The fourth-order valence-electron chi connectivity index (χ4n) is 3.32. The predicted molar refractivity (Wildman–Crippen MR) is 119 cm³/mol. The van der Waals surface area contributed by atoms with Crippen LogP contribution in [-0.4, -0.2) is 29.8 Å². The number of hydrogen-bond donors (Lipinski definition) is 2. The molecule has 1 aliphatic rings. The molecule has 1 fully saturated rings. The van der Waals surface area contributed by atoms with Crippen LogP contribution < -0.4 is 15.8 Å². The number of hydrazine groups is 1. The van der Waals surface area contributed by atoms with Gasteiger partial charge in [0.05, 0.1) is 11.3 Å². The minimum atomic E-state index is -1.02. The summed E-state index contributed by atoms with van der Waals surface area (Å²) >= 11 is 0. The van der Waals surface area contributed by atoms with E-state index in [9.17, 15) is 19.2 Å². The fourth-order valence-corrected chi connectivity index (χ4v) is 3.32. The van der Waals surface area contributed by atoms with E-state index < -0.39 is 18.0 Å². The molecule has 1 saturated heterocycles. The molecule has 0 radical (unpaired) electrons. The van der Waals surface area contributed by atoms with Gasteiger partial charge in [-0.2, -0.15) is 0 Å². The van der Waals surface area contributed by atoms with Crippen molar-refractivity contribution < 1.29 is 23.9 Å². The second kappa shape index (κ2) is 8.89. The number of hydrogen-bond acceptors (Lipinski definition) is 5. The number of carbonyl (C=O) groups excluding carboxylic acids is 4. The molecule has 2 N–H and O–H groups in total. The zero-order valence-electron chi connectivity index (χ0n) is 17.3. The van der Waals surface area contributed by atoms with Crippen LogP contribution in [0.3, 0.4) is 0 Å². The number of esters is 1. The highest BCUT2D eigenvalue weighted by molar-refractivity contribution is 6.02. The van der Waals surface area contributed by atoms with Crippen molar-refractivity contribution in [3.8, 4) is 0 Å². The summed E-state index contributed by atoms with van der Waals surface area (Å²) in [6, 6.07) is 19.3. The number of rotatable bonds is 5. The van der Waals surface area contributed by atoms with Crippen LogP contribution in [0, 0.1) is 0 Å². The molecule has 4 rings (SSSR count). The number of nitrogens with zero attached hydrogens (tertiary/aromatic N) is 1. The largest absolute Gasteiger partial charge is 0.449 e. The lowest BCUT2D eigenvalue weighted by atomic mass is 10.1. The Morgan fingerprint density at radius 3 is 2.44 bits per heavy atom. The molecule has 0 saturated carbocycles. The van der Waals surface area contributed by atoms with Crippen molar-refractivity contribution in [2.45, 2.75) is 25.9 Å². The molecule has 8 heteroatoms. The van der Waals surface area contributed by atoms with Gasteiger partial charge in [0.1, 0.15) is 0 Å². The normalized spacial score (nSPS) is 14.6. The predicted octanol–water partition coefficient (Wildman–Crippen LogP) is 3.18. The quantitative estimate of drug-likeness (QED) is 0.604. The summed E-state index contributed by atoms with van der Waals surface area (Å²) in [7, 11) is 0. The van der Waals surface area contributed by atoms with E-state index in [-0.39, 0.29) is 30.2 Å². The van der Waals surface area contributed by atoms with Gasteiger partial charge in [0.15, 0.2) is 6.10 Å². The molecule has 1 atom stereocenters. The molecule has 162 valence electrons. The summed E-state index contributed by atoms with van der Waals surface area (Å²) in [5, 5.41) is 5.94. The SMILES string of the molecule is CC(OC(=O)c1ccc(N2NC(=O)CCC2=O)cc1)C(=O)Nc1ccc2ccccc2c1. The highest BCUT2D eigenvalue weighted by atomic mass is 16.5. The standard InChI is InChI=1S/C24H21N3O5/c1-15(23(30)25-19-9-6-16-4-2-3-5-18(16)14-19)32-24(31)17-7-10-20(11-8-17)27-22(29)13-12-21(28)26-27/h2-11,14-15H,12-13H2,1H3,(H,25,30)(H,26,28). The van der Waals surface area contributed by atoms with Gasteiger partial charge in [-0.3, -0.25) is 19.8 Å². The highest BCUT2D eigenvalue weighted by Crippen LogP contribution is 2.20. The molecular formula is C24H21N3O5. The average Bonchev–Trinajstić information content (AvgIpc) is 2.80. The van der Waals surface area contributed by atoms with E-state index in [0.717, 1.165) is 15.8 Å². The Hall–Kier alpha value is -4.20. The van der Waals surface area contributed by atoms with Gasteiger partial charge < -0.3 is 10.1 Å². The molecule has 1 heterocycles. The average molecular weight is 431 g/mol. The highest BCUT2D eigenvalue weighted by Gasteiger charge is 2.25. The van der Waals surface area contributed by atoms with E-state index in [4.69, 9.17) is 4.74 Å². The molecule has 0 aliphatic carbocycles. The number of fused-ring (bicyclic) bond motifs is 1. The van der Waals surface area contributed by atoms with E-state index >= 15 is 0 Å². The number of carbonyl (C=O) groups is 4. The van der Waals surface area contributed by atoms with Crippen LogP contribution >= 0.6 is 0 Å². The monoisotopic (exact) mass is 431 g/mol. The smallest absolute Gasteiger partial charge is 0.338 e. The topological polar surface area (TPSA) is 105 Å². The van der Waals surface area contributed by atoms with E-state index in [1.165, 1.54) is 31.2 Å². The van der Waals surface area contributed by atoms with Crippen LogP contribution in [0.25, 0.3) is 10.8 Å². The fraction of sp³-hybridized carbons (Fsp3) is 0.167. The minimum absolute atomic E-state index is 0.124. The molecule has 8 nitrogen and oxygen atoms in total. The van der Waals surface area contributed by atoms with Crippen molar-refractivity contribution in [2.24, 2.45) is 0 Å². The lowest BCUT2D eigenvalue weighted by Gasteiger charge is -2.27. The van der Waals surface area contributed by atoms with E-state index in [2.05, 4.69) is 10.7 Å².